The Balaban J connectivity index is 2.08. The first kappa shape index (κ1) is 16.7. The number of hydrogen-bond acceptors (Lipinski definition) is 5. The van der Waals surface area contributed by atoms with E-state index < -0.39 is 0 Å². The molecule has 122 valence electrons. The summed E-state index contributed by atoms with van der Waals surface area (Å²) in [7, 11) is 3.41. The van der Waals surface area contributed by atoms with E-state index in [0.29, 0.717) is 11.6 Å². The van der Waals surface area contributed by atoms with Gasteiger partial charge in [-0.15, -0.1) is 0 Å². The molecule has 1 aromatic carbocycles. The molecule has 0 saturated heterocycles. The summed E-state index contributed by atoms with van der Waals surface area (Å²) in [5.41, 5.74) is 1.21. The number of aromatic nitrogens is 2. The molecule has 2 rings (SSSR count). The lowest BCUT2D eigenvalue weighted by Crippen LogP contribution is -2.28. The van der Waals surface area contributed by atoms with Crippen molar-refractivity contribution in [2.75, 3.05) is 26.0 Å². The molecule has 0 aliphatic carbocycles. The summed E-state index contributed by atoms with van der Waals surface area (Å²) in [6.45, 7) is 2.82. The molecule has 23 heavy (non-hydrogen) atoms. The highest BCUT2D eigenvalue weighted by molar-refractivity contribution is 5.92. The molecule has 0 atom stereocenters. The van der Waals surface area contributed by atoms with Crippen molar-refractivity contribution in [1.82, 2.24) is 14.9 Å². The van der Waals surface area contributed by atoms with Crippen molar-refractivity contribution in [3.63, 3.8) is 0 Å². The zero-order valence-electron chi connectivity index (χ0n) is 13.7. The normalized spacial score (nSPS) is 10.2. The minimum Gasteiger partial charge on any atom is -0.497 e. The molecule has 0 saturated carbocycles. The van der Waals surface area contributed by atoms with E-state index in [9.17, 15) is 4.79 Å². The van der Waals surface area contributed by atoms with Crippen LogP contribution in [0.25, 0.3) is 0 Å². The van der Waals surface area contributed by atoms with Crippen molar-refractivity contribution in [2.24, 2.45) is 0 Å². The standard InChI is InChI=1S/C17H22N4O2/c1-4-5-12-21(2)16(22)15-10-11-18-17(20-15)19-13-6-8-14(23-3)9-7-13/h6-11H,4-5,12H2,1-3H3,(H,18,19,20). The van der Waals surface area contributed by atoms with Crippen LogP contribution >= 0.6 is 0 Å². The minimum absolute atomic E-state index is 0.0985. The largest absolute Gasteiger partial charge is 0.497 e. The number of carbonyl (C=O) groups is 1. The van der Waals surface area contributed by atoms with Crippen LogP contribution in [0.15, 0.2) is 36.5 Å². The van der Waals surface area contributed by atoms with E-state index >= 15 is 0 Å². The smallest absolute Gasteiger partial charge is 0.272 e. The Hall–Kier alpha value is -2.63. The fourth-order valence-corrected chi connectivity index (χ4v) is 2.03. The maximum absolute atomic E-state index is 12.3. The number of anilines is 2. The van der Waals surface area contributed by atoms with E-state index in [2.05, 4.69) is 22.2 Å². The quantitative estimate of drug-likeness (QED) is 0.850. The van der Waals surface area contributed by atoms with Crippen LogP contribution in [-0.4, -0.2) is 41.5 Å². The molecule has 0 spiro atoms. The number of nitrogens with one attached hydrogen (secondary N) is 1. The highest BCUT2D eigenvalue weighted by atomic mass is 16.5. The van der Waals surface area contributed by atoms with Gasteiger partial charge in [-0.3, -0.25) is 4.79 Å². The number of hydrogen-bond donors (Lipinski definition) is 1. The average molecular weight is 314 g/mol. The second-order valence-electron chi connectivity index (χ2n) is 5.20. The Kier molecular flexibility index (Phi) is 5.91. The van der Waals surface area contributed by atoms with Gasteiger partial charge in [0.15, 0.2) is 0 Å². The van der Waals surface area contributed by atoms with E-state index in [0.717, 1.165) is 30.8 Å². The van der Waals surface area contributed by atoms with Gasteiger partial charge in [-0.25, -0.2) is 9.97 Å². The maximum Gasteiger partial charge on any atom is 0.272 e. The fraction of sp³-hybridized carbons (Fsp3) is 0.353. The third-order valence-corrected chi connectivity index (χ3v) is 3.41. The van der Waals surface area contributed by atoms with Crippen LogP contribution in [-0.2, 0) is 0 Å². The van der Waals surface area contributed by atoms with E-state index in [-0.39, 0.29) is 5.91 Å². The molecule has 1 heterocycles. The lowest BCUT2D eigenvalue weighted by molar-refractivity contribution is 0.0787. The Bertz CT molecular complexity index is 643. The summed E-state index contributed by atoms with van der Waals surface area (Å²) in [6, 6.07) is 9.05. The third kappa shape index (κ3) is 4.67. The van der Waals surface area contributed by atoms with Crippen LogP contribution in [0.5, 0.6) is 5.75 Å². The Morgan fingerprint density at radius 3 is 2.65 bits per heavy atom. The molecule has 1 N–H and O–H groups in total. The van der Waals surface area contributed by atoms with Gasteiger partial charge in [-0.2, -0.15) is 0 Å². The van der Waals surface area contributed by atoms with Crippen molar-refractivity contribution < 1.29 is 9.53 Å². The van der Waals surface area contributed by atoms with Crippen LogP contribution in [0.3, 0.4) is 0 Å². The van der Waals surface area contributed by atoms with Gasteiger partial charge in [0, 0.05) is 25.5 Å². The third-order valence-electron chi connectivity index (χ3n) is 3.41. The molecular formula is C17H22N4O2. The predicted molar refractivity (Wildman–Crippen MR) is 90.2 cm³/mol. The molecule has 6 nitrogen and oxygen atoms in total. The first-order chi connectivity index (χ1) is 11.1. The first-order valence-corrected chi connectivity index (χ1v) is 7.63. The van der Waals surface area contributed by atoms with Gasteiger partial charge < -0.3 is 15.0 Å². The van der Waals surface area contributed by atoms with Crippen molar-refractivity contribution in [3.8, 4) is 5.75 Å². The Morgan fingerprint density at radius 1 is 1.26 bits per heavy atom. The second kappa shape index (κ2) is 8.12. The van der Waals surface area contributed by atoms with Crippen LogP contribution in [0.4, 0.5) is 11.6 Å². The number of amides is 1. The highest BCUT2D eigenvalue weighted by Crippen LogP contribution is 2.17. The summed E-state index contributed by atoms with van der Waals surface area (Å²) in [4.78, 5) is 22.5. The molecule has 1 amide bonds. The van der Waals surface area contributed by atoms with Gasteiger partial charge in [0.1, 0.15) is 11.4 Å². The summed E-state index contributed by atoms with van der Waals surface area (Å²) >= 11 is 0. The Labute approximate surface area is 136 Å². The van der Waals surface area contributed by atoms with Gasteiger partial charge >= 0.3 is 0 Å². The van der Waals surface area contributed by atoms with Crippen LogP contribution in [0.2, 0.25) is 0 Å². The first-order valence-electron chi connectivity index (χ1n) is 7.63. The number of nitrogens with zero attached hydrogens (tertiary/aromatic N) is 3. The highest BCUT2D eigenvalue weighted by Gasteiger charge is 2.13. The lowest BCUT2D eigenvalue weighted by Gasteiger charge is -2.16. The summed E-state index contributed by atoms with van der Waals surface area (Å²) in [6.07, 6.45) is 3.61. The van der Waals surface area contributed by atoms with E-state index in [1.54, 1.807) is 31.3 Å². The van der Waals surface area contributed by atoms with Crippen LogP contribution in [0.1, 0.15) is 30.3 Å². The maximum atomic E-state index is 12.3. The average Bonchev–Trinajstić information content (AvgIpc) is 2.60. The molecule has 1 aromatic heterocycles. The molecule has 0 aliphatic heterocycles. The summed E-state index contributed by atoms with van der Waals surface area (Å²) in [5, 5.41) is 3.08. The predicted octanol–water partition coefficient (Wildman–Crippen LogP) is 3.10. The van der Waals surface area contributed by atoms with Gasteiger partial charge in [-0.1, -0.05) is 13.3 Å². The fourth-order valence-electron chi connectivity index (χ4n) is 2.03. The van der Waals surface area contributed by atoms with Crippen molar-refractivity contribution >= 4 is 17.5 Å². The van der Waals surface area contributed by atoms with Crippen molar-refractivity contribution in [1.29, 1.82) is 0 Å². The van der Waals surface area contributed by atoms with Gasteiger partial charge in [0.25, 0.3) is 5.91 Å². The molecule has 2 aromatic rings. The number of benzene rings is 1. The van der Waals surface area contributed by atoms with Crippen molar-refractivity contribution in [3.05, 3.63) is 42.2 Å². The van der Waals surface area contributed by atoms with E-state index in [1.807, 2.05) is 24.3 Å². The Morgan fingerprint density at radius 2 is 2.00 bits per heavy atom. The lowest BCUT2D eigenvalue weighted by atomic mass is 10.3. The molecule has 0 aliphatic rings. The summed E-state index contributed by atoms with van der Waals surface area (Å²) in [5.74, 6) is 1.07. The number of rotatable bonds is 7. The van der Waals surface area contributed by atoms with Crippen molar-refractivity contribution in [2.45, 2.75) is 19.8 Å². The van der Waals surface area contributed by atoms with Crippen LogP contribution in [0, 0.1) is 0 Å². The summed E-state index contributed by atoms with van der Waals surface area (Å²) < 4.78 is 5.12. The second-order valence-corrected chi connectivity index (χ2v) is 5.20. The molecule has 0 fully saturated rings. The van der Waals surface area contributed by atoms with Gasteiger partial charge in [-0.05, 0) is 36.8 Å². The SMILES string of the molecule is CCCCN(C)C(=O)c1ccnc(Nc2ccc(OC)cc2)n1. The zero-order valence-corrected chi connectivity index (χ0v) is 13.7. The number of unbranched alkanes of at least 4 members (excludes halogenated alkanes) is 1. The molecular weight excluding hydrogens is 292 g/mol. The molecule has 0 radical (unpaired) electrons. The number of ether oxygens (including phenoxy) is 1. The monoisotopic (exact) mass is 314 g/mol. The molecule has 0 unspecified atom stereocenters. The van der Waals surface area contributed by atoms with E-state index in [1.165, 1.54) is 0 Å². The van der Waals surface area contributed by atoms with Crippen LogP contribution < -0.4 is 10.1 Å². The molecule has 0 bridgehead atoms. The topological polar surface area (TPSA) is 67.4 Å². The van der Waals surface area contributed by atoms with E-state index in [4.69, 9.17) is 4.74 Å². The number of carbonyl (C=O) groups excluding carboxylic acids is 1. The molecule has 6 heteroatoms. The zero-order chi connectivity index (χ0) is 16.7. The van der Waals surface area contributed by atoms with Gasteiger partial charge in [0.05, 0.1) is 7.11 Å². The number of methoxy groups -OCH3 is 1. The minimum atomic E-state index is -0.0985. The van der Waals surface area contributed by atoms with Gasteiger partial charge in [0.2, 0.25) is 5.95 Å².